The minimum Gasteiger partial charge on any atom is -0.378 e. The van der Waals surface area contributed by atoms with Crippen molar-refractivity contribution in [3.05, 3.63) is 11.6 Å². The molecule has 0 spiro atoms. The topological polar surface area (TPSA) is 87.5 Å². The third-order valence-electron chi connectivity index (χ3n) is 13.8. The number of rotatable bonds is 1. The number of ketones is 2. The molecule has 9 atom stereocenters. The highest BCUT2D eigenvalue weighted by Crippen LogP contribution is 2.75. The molecule has 1 aliphatic heterocycles. The first-order valence-corrected chi connectivity index (χ1v) is 15.8. The van der Waals surface area contributed by atoms with Gasteiger partial charge in [-0.2, -0.15) is 5.26 Å². The SMILES string of the molecule is CC1C(=O)C(C#N)=CC2(C)C1CCC1(C)C2CC(=O)C2C3CC(C)(C)CCC3(C(=O)N3CCOCC3)CCC21C. The Hall–Kier alpha value is -2.00. The van der Waals surface area contributed by atoms with Gasteiger partial charge in [0.1, 0.15) is 11.9 Å². The largest absolute Gasteiger partial charge is 0.378 e. The molecule has 1 saturated heterocycles. The fourth-order valence-corrected chi connectivity index (χ4v) is 11.4. The molecule has 4 saturated carbocycles. The van der Waals surface area contributed by atoms with Crippen molar-refractivity contribution < 1.29 is 19.1 Å². The number of carbonyl (C=O) groups is 3. The Morgan fingerprint density at radius 3 is 2.33 bits per heavy atom. The zero-order chi connectivity index (χ0) is 28.9. The van der Waals surface area contributed by atoms with Gasteiger partial charge in [-0.25, -0.2) is 0 Å². The molecule has 0 aromatic rings. The van der Waals surface area contributed by atoms with E-state index >= 15 is 0 Å². The van der Waals surface area contributed by atoms with Crippen LogP contribution in [0.3, 0.4) is 0 Å². The molecule has 9 unspecified atom stereocenters. The minimum absolute atomic E-state index is 0.0340. The van der Waals surface area contributed by atoms with Crippen molar-refractivity contribution in [1.29, 1.82) is 5.26 Å². The molecule has 6 aliphatic rings. The second-order valence-corrected chi connectivity index (χ2v) is 15.9. The number of fused-ring (bicyclic) bond motifs is 7. The van der Waals surface area contributed by atoms with E-state index in [9.17, 15) is 19.6 Å². The highest BCUT2D eigenvalue weighted by Gasteiger charge is 2.72. The van der Waals surface area contributed by atoms with Crippen LogP contribution < -0.4 is 0 Å². The average Bonchev–Trinajstić information content (AvgIpc) is 2.92. The van der Waals surface area contributed by atoms with Crippen LogP contribution >= 0.6 is 0 Å². The Labute approximate surface area is 240 Å². The van der Waals surface area contributed by atoms with Gasteiger partial charge in [-0.3, -0.25) is 14.4 Å². The first kappa shape index (κ1) is 28.1. The van der Waals surface area contributed by atoms with Gasteiger partial charge in [0, 0.05) is 31.3 Å². The summed E-state index contributed by atoms with van der Waals surface area (Å²) < 4.78 is 5.58. The summed E-state index contributed by atoms with van der Waals surface area (Å²) in [5, 5.41) is 9.85. The summed E-state index contributed by atoms with van der Waals surface area (Å²) >= 11 is 0. The van der Waals surface area contributed by atoms with Gasteiger partial charge < -0.3 is 9.64 Å². The van der Waals surface area contributed by atoms with E-state index in [2.05, 4.69) is 40.7 Å². The Morgan fingerprint density at radius 1 is 0.975 bits per heavy atom. The summed E-state index contributed by atoms with van der Waals surface area (Å²) in [6.45, 7) is 16.1. The molecule has 0 aromatic carbocycles. The molecule has 6 heteroatoms. The van der Waals surface area contributed by atoms with Crippen molar-refractivity contribution in [2.45, 2.75) is 92.9 Å². The number of Topliss-reactive ketones (excluding diaryl/α,β-unsaturated/α-hetero) is 2. The van der Waals surface area contributed by atoms with Gasteiger partial charge in [0.2, 0.25) is 5.91 Å². The second-order valence-electron chi connectivity index (χ2n) is 15.9. The van der Waals surface area contributed by atoms with Crippen LogP contribution in [0.2, 0.25) is 0 Å². The van der Waals surface area contributed by atoms with Gasteiger partial charge in [-0.1, -0.05) is 47.6 Å². The van der Waals surface area contributed by atoms with Crippen molar-refractivity contribution in [3.63, 3.8) is 0 Å². The number of hydrogen-bond donors (Lipinski definition) is 0. The van der Waals surface area contributed by atoms with E-state index in [1.54, 1.807) is 0 Å². The lowest BCUT2D eigenvalue weighted by molar-refractivity contribution is -0.221. The maximum absolute atomic E-state index is 14.7. The lowest BCUT2D eigenvalue weighted by atomic mass is 9.32. The Kier molecular flexibility index (Phi) is 6.33. The summed E-state index contributed by atoms with van der Waals surface area (Å²) in [5.41, 5.74) is -0.773. The van der Waals surface area contributed by atoms with E-state index in [4.69, 9.17) is 4.74 Å². The van der Waals surface area contributed by atoms with Crippen LogP contribution in [0.1, 0.15) is 92.9 Å². The zero-order valence-electron chi connectivity index (χ0n) is 25.5. The lowest BCUT2D eigenvalue weighted by Crippen LogP contribution is -2.69. The fraction of sp³-hybridized carbons (Fsp3) is 0.824. The smallest absolute Gasteiger partial charge is 0.229 e. The van der Waals surface area contributed by atoms with Gasteiger partial charge in [-0.05, 0) is 84.4 Å². The second kappa shape index (κ2) is 9.00. The Balaban J connectivity index is 1.44. The summed E-state index contributed by atoms with van der Waals surface area (Å²) in [7, 11) is 0. The number of nitriles is 1. The van der Waals surface area contributed by atoms with Crippen molar-refractivity contribution >= 4 is 17.5 Å². The number of nitrogens with zero attached hydrogens (tertiary/aromatic N) is 2. The summed E-state index contributed by atoms with van der Waals surface area (Å²) in [6, 6.07) is 2.20. The predicted octanol–water partition coefficient (Wildman–Crippen LogP) is 5.75. The van der Waals surface area contributed by atoms with E-state index in [1.165, 1.54) is 0 Å². The van der Waals surface area contributed by atoms with E-state index in [0.29, 0.717) is 38.5 Å². The van der Waals surface area contributed by atoms with E-state index in [-0.39, 0.29) is 68.5 Å². The maximum atomic E-state index is 14.7. The standard InChI is InChI=1S/C34H48N2O4/c1-21-23-7-8-32(5)26(31(23,4)18-22(20-35)28(21)38)17-25(37)27-24-19-30(2,3)9-11-34(24,12-10-33(27,32)6)29(39)36-13-15-40-16-14-36/h18,21,23-24,26-27H,7-17,19H2,1-6H3. The molecular weight excluding hydrogens is 500 g/mol. The van der Waals surface area contributed by atoms with Crippen molar-refractivity contribution in [1.82, 2.24) is 4.90 Å². The van der Waals surface area contributed by atoms with Crippen LogP contribution in [-0.2, 0) is 19.1 Å². The van der Waals surface area contributed by atoms with E-state index in [1.807, 2.05) is 17.9 Å². The minimum atomic E-state index is -0.462. The van der Waals surface area contributed by atoms with Crippen LogP contribution in [0.5, 0.6) is 0 Å². The van der Waals surface area contributed by atoms with Gasteiger partial charge in [0.15, 0.2) is 5.78 Å². The molecule has 0 aromatic heterocycles. The Bertz CT molecular complexity index is 1210. The van der Waals surface area contributed by atoms with Crippen LogP contribution in [0.15, 0.2) is 11.6 Å². The summed E-state index contributed by atoms with van der Waals surface area (Å²) in [5.74, 6) is 0.535. The molecule has 5 fully saturated rings. The summed E-state index contributed by atoms with van der Waals surface area (Å²) in [4.78, 5) is 44.1. The first-order valence-electron chi connectivity index (χ1n) is 15.8. The fourth-order valence-electron chi connectivity index (χ4n) is 11.4. The number of allylic oxidation sites excluding steroid dienone is 2. The van der Waals surface area contributed by atoms with Crippen LogP contribution in [0.25, 0.3) is 0 Å². The van der Waals surface area contributed by atoms with E-state index in [0.717, 1.165) is 44.9 Å². The van der Waals surface area contributed by atoms with Crippen LogP contribution in [0, 0.1) is 68.0 Å². The molecule has 0 N–H and O–H groups in total. The van der Waals surface area contributed by atoms with Crippen molar-refractivity contribution in [2.75, 3.05) is 26.3 Å². The molecule has 218 valence electrons. The molecular formula is C34H48N2O4. The van der Waals surface area contributed by atoms with Crippen molar-refractivity contribution in [2.24, 2.45) is 56.7 Å². The van der Waals surface area contributed by atoms with Crippen LogP contribution in [-0.4, -0.2) is 48.7 Å². The van der Waals surface area contributed by atoms with Gasteiger partial charge >= 0.3 is 0 Å². The number of carbonyl (C=O) groups excluding carboxylic acids is 3. The zero-order valence-corrected chi connectivity index (χ0v) is 25.5. The maximum Gasteiger partial charge on any atom is 0.229 e. The molecule has 1 heterocycles. The first-order chi connectivity index (χ1) is 18.7. The quantitative estimate of drug-likeness (QED) is 0.416. The molecule has 40 heavy (non-hydrogen) atoms. The summed E-state index contributed by atoms with van der Waals surface area (Å²) in [6.07, 6.45) is 8.92. The van der Waals surface area contributed by atoms with Crippen molar-refractivity contribution in [3.8, 4) is 6.07 Å². The predicted molar refractivity (Wildman–Crippen MR) is 152 cm³/mol. The third kappa shape index (κ3) is 3.58. The molecule has 0 bridgehead atoms. The monoisotopic (exact) mass is 548 g/mol. The molecule has 0 radical (unpaired) electrons. The van der Waals surface area contributed by atoms with Crippen LogP contribution in [0.4, 0.5) is 0 Å². The highest BCUT2D eigenvalue weighted by molar-refractivity contribution is 6.02. The number of ether oxygens (including phenoxy) is 1. The third-order valence-corrected chi connectivity index (χ3v) is 13.8. The normalized spacial score (nSPS) is 48.1. The number of hydrogen-bond acceptors (Lipinski definition) is 5. The van der Waals surface area contributed by atoms with E-state index < -0.39 is 5.41 Å². The van der Waals surface area contributed by atoms with Gasteiger partial charge in [0.25, 0.3) is 0 Å². The number of amides is 1. The Morgan fingerprint density at radius 2 is 1.65 bits per heavy atom. The van der Waals surface area contributed by atoms with Gasteiger partial charge in [0.05, 0.1) is 24.2 Å². The lowest BCUT2D eigenvalue weighted by Gasteiger charge is -2.71. The molecule has 6 nitrogen and oxygen atoms in total. The number of morpholine rings is 1. The molecule has 1 amide bonds. The molecule has 6 rings (SSSR count). The average molecular weight is 549 g/mol. The highest BCUT2D eigenvalue weighted by atomic mass is 16.5. The molecule has 5 aliphatic carbocycles. The van der Waals surface area contributed by atoms with Gasteiger partial charge in [-0.15, -0.1) is 0 Å².